The highest BCUT2D eigenvalue weighted by Gasteiger charge is 2.31. The van der Waals surface area contributed by atoms with E-state index in [4.69, 9.17) is 17.3 Å². The van der Waals surface area contributed by atoms with Gasteiger partial charge in [-0.3, -0.25) is 9.59 Å². The summed E-state index contributed by atoms with van der Waals surface area (Å²) in [6.45, 7) is 0.623. The van der Waals surface area contributed by atoms with Crippen LogP contribution in [0.3, 0.4) is 0 Å². The maximum Gasteiger partial charge on any atom is 0.248 e. The summed E-state index contributed by atoms with van der Waals surface area (Å²) >= 11 is 6.15. The van der Waals surface area contributed by atoms with E-state index < -0.39 is 5.91 Å². The van der Waals surface area contributed by atoms with Crippen molar-refractivity contribution in [3.05, 3.63) is 69.9 Å². The number of aromatic amines is 1. The fourth-order valence-electron chi connectivity index (χ4n) is 3.58. The minimum Gasteiger partial charge on any atom is -0.366 e. The predicted molar refractivity (Wildman–Crippen MR) is 96.6 cm³/mol. The molecule has 1 aliphatic rings. The van der Waals surface area contributed by atoms with Gasteiger partial charge in [-0.2, -0.15) is 0 Å². The van der Waals surface area contributed by atoms with Crippen molar-refractivity contribution in [2.24, 2.45) is 5.73 Å². The van der Waals surface area contributed by atoms with Crippen LogP contribution >= 0.6 is 11.6 Å². The zero-order chi connectivity index (χ0) is 17.6. The second-order valence-electron chi connectivity index (χ2n) is 6.19. The fraction of sp³-hybridized carbons (Fsp3) is 0.158. The number of aromatic nitrogens is 1. The van der Waals surface area contributed by atoms with Gasteiger partial charge in [-0.25, -0.2) is 0 Å². The standard InChI is InChI=1S/C19H16ClN3O2/c20-13-5-6-16-15(9-13)14-7-8-23(10-24)18(17(14)22-16)11-1-3-12(4-2-11)19(21)25/h1-6,9-10,18,22H,7-8H2,(H2,21,25). The lowest BCUT2D eigenvalue weighted by Crippen LogP contribution is -2.35. The maximum atomic E-state index is 11.6. The van der Waals surface area contributed by atoms with E-state index in [9.17, 15) is 9.59 Å². The molecule has 0 saturated carbocycles. The third kappa shape index (κ3) is 2.57. The molecule has 3 N–H and O–H groups in total. The molecule has 2 amide bonds. The molecular weight excluding hydrogens is 338 g/mol. The van der Waals surface area contributed by atoms with Gasteiger partial charge < -0.3 is 15.6 Å². The lowest BCUT2D eigenvalue weighted by atomic mass is 9.92. The Hall–Kier alpha value is -2.79. The van der Waals surface area contributed by atoms with Crippen LogP contribution in [0.5, 0.6) is 0 Å². The smallest absolute Gasteiger partial charge is 0.248 e. The van der Waals surface area contributed by atoms with Crippen molar-refractivity contribution in [1.82, 2.24) is 9.88 Å². The van der Waals surface area contributed by atoms with Gasteiger partial charge in [0.05, 0.1) is 6.04 Å². The number of carbonyl (C=O) groups is 2. The number of nitrogens with zero attached hydrogens (tertiary/aromatic N) is 1. The first-order chi connectivity index (χ1) is 12.1. The van der Waals surface area contributed by atoms with E-state index in [2.05, 4.69) is 4.98 Å². The first-order valence-corrected chi connectivity index (χ1v) is 8.37. The Labute approximate surface area is 149 Å². The van der Waals surface area contributed by atoms with Crippen LogP contribution in [-0.4, -0.2) is 28.7 Å². The van der Waals surface area contributed by atoms with Crippen LogP contribution in [0.15, 0.2) is 42.5 Å². The molecule has 4 rings (SSSR count). The first kappa shape index (κ1) is 15.7. The molecule has 2 aromatic carbocycles. The summed E-state index contributed by atoms with van der Waals surface area (Å²) in [5, 5.41) is 1.78. The number of halogens is 1. The number of carbonyl (C=O) groups excluding carboxylic acids is 2. The van der Waals surface area contributed by atoms with Gasteiger partial charge >= 0.3 is 0 Å². The van der Waals surface area contributed by atoms with Crippen molar-refractivity contribution in [2.75, 3.05) is 6.54 Å². The summed E-state index contributed by atoms with van der Waals surface area (Å²) in [4.78, 5) is 28.1. The second kappa shape index (κ2) is 5.93. The van der Waals surface area contributed by atoms with Crippen LogP contribution < -0.4 is 5.73 Å². The van der Waals surface area contributed by atoms with Gasteiger partial charge in [-0.15, -0.1) is 0 Å². The number of amides is 2. The van der Waals surface area contributed by atoms with Crippen LogP contribution in [0, 0.1) is 0 Å². The van der Waals surface area contributed by atoms with E-state index in [1.807, 2.05) is 30.3 Å². The van der Waals surface area contributed by atoms with Crippen molar-refractivity contribution in [3.63, 3.8) is 0 Å². The summed E-state index contributed by atoms with van der Waals surface area (Å²) < 4.78 is 0. The first-order valence-electron chi connectivity index (χ1n) is 7.99. The van der Waals surface area contributed by atoms with Crippen LogP contribution in [0.25, 0.3) is 10.9 Å². The highest BCUT2D eigenvalue weighted by molar-refractivity contribution is 6.31. The topological polar surface area (TPSA) is 79.2 Å². The van der Waals surface area contributed by atoms with E-state index >= 15 is 0 Å². The number of primary amides is 1. The summed E-state index contributed by atoms with van der Waals surface area (Å²) in [7, 11) is 0. The van der Waals surface area contributed by atoms with Crippen molar-refractivity contribution in [2.45, 2.75) is 12.5 Å². The SMILES string of the molecule is NC(=O)c1ccc(C2c3[nH]c4ccc(Cl)cc4c3CCN2C=O)cc1. The minimum absolute atomic E-state index is 0.227. The highest BCUT2D eigenvalue weighted by atomic mass is 35.5. The monoisotopic (exact) mass is 353 g/mol. The van der Waals surface area contributed by atoms with Crippen LogP contribution in [-0.2, 0) is 11.2 Å². The van der Waals surface area contributed by atoms with Gasteiger partial charge in [0.2, 0.25) is 12.3 Å². The summed E-state index contributed by atoms with van der Waals surface area (Å²) in [5.74, 6) is -0.469. The van der Waals surface area contributed by atoms with Gasteiger partial charge in [0, 0.05) is 33.7 Å². The Kier molecular flexibility index (Phi) is 3.73. The number of hydrogen-bond acceptors (Lipinski definition) is 2. The van der Waals surface area contributed by atoms with Gasteiger partial charge in [0.1, 0.15) is 0 Å². The van der Waals surface area contributed by atoms with Crippen molar-refractivity contribution in [3.8, 4) is 0 Å². The van der Waals surface area contributed by atoms with Gasteiger partial charge in [-0.1, -0.05) is 23.7 Å². The molecule has 126 valence electrons. The Morgan fingerprint density at radius 1 is 1.24 bits per heavy atom. The Bertz CT molecular complexity index is 978. The van der Waals surface area contributed by atoms with Crippen LogP contribution in [0.1, 0.15) is 33.2 Å². The lowest BCUT2D eigenvalue weighted by molar-refractivity contribution is -0.120. The number of fused-ring (bicyclic) bond motifs is 3. The van der Waals surface area contributed by atoms with Crippen LogP contribution in [0.4, 0.5) is 0 Å². The maximum absolute atomic E-state index is 11.6. The molecule has 2 heterocycles. The average Bonchev–Trinajstić information content (AvgIpc) is 2.98. The molecule has 0 aliphatic carbocycles. The summed E-state index contributed by atoms with van der Waals surface area (Å²) in [6, 6.07) is 12.6. The van der Waals surface area contributed by atoms with E-state index in [0.29, 0.717) is 17.1 Å². The van der Waals surface area contributed by atoms with Crippen molar-refractivity contribution < 1.29 is 9.59 Å². The molecular formula is C19H16ClN3O2. The number of nitrogens with two attached hydrogens (primary N) is 1. The Morgan fingerprint density at radius 2 is 2.00 bits per heavy atom. The number of hydrogen-bond donors (Lipinski definition) is 2. The van der Waals surface area contributed by atoms with Crippen LogP contribution in [0.2, 0.25) is 5.02 Å². The van der Waals surface area contributed by atoms with Gasteiger partial charge in [0.25, 0.3) is 0 Å². The molecule has 1 atom stereocenters. The van der Waals surface area contributed by atoms with E-state index in [0.717, 1.165) is 35.0 Å². The van der Waals surface area contributed by atoms with E-state index in [-0.39, 0.29) is 6.04 Å². The number of rotatable bonds is 3. The summed E-state index contributed by atoms with van der Waals surface area (Å²) in [6.07, 6.45) is 1.64. The molecule has 0 spiro atoms. The molecule has 0 radical (unpaired) electrons. The molecule has 6 heteroatoms. The lowest BCUT2D eigenvalue weighted by Gasteiger charge is -2.33. The van der Waals surface area contributed by atoms with Crippen molar-refractivity contribution in [1.29, 1.82) is 0 Å². The Morgan fingerprint density at radius 3 is 2.68 bits per heavy atom. The third-order valence-corrected chi connectivity index (χ3v) is 5.01. The number of nitrogens with one attached hydrogen (secondary N) is 1. The van der Waals surface area contributed by atoms with Crippen molar-refractivity contribution >= 4 is 34.8 Å². The average molecular weight is 354 g/mol. The quantitative estimate of drug-likeness (QED) is 0.710. The predicted octanol–water partition coefficient (Wildman–Crippen LogP) is 3.02. The number of H-pyrrole nitrogens is 1. The Balaban J connectivity index is 1.87. The molecule has 0 saturated heterocycles. The zero-order valence-electron chi connectivity index (χ0n) is 13.3. The zero-order valence-corrected chi connectivity index (χ0v) is 14.1. The second-order valence-corrected chi connectivity index (χ2v) is 6.63. The molecule has 1 aromatic heterocycles. The fourth-order valence-corrected chi connectivity index (χ4v) is 3.75. The largest absolute Gasteiger partial charge is 0.366 e. The molecule has 1 aliphatic heterocycles. The molecule has 25 heavy (non-hydrogen) atoms. The van der Waals surface area contributed by atoms with E-state index in [1.54, 1.807) is 17.0 Å². The molecule has 0 fully saturated rings. The van der Waals surface area contributed by atoms with Gasteiger partial charge in [-0.05, 0) is 47.9 Å². The normalized spacial score (nSPS) is 16.7. The molecule has 3 aromatic rings. The third-order valence-electron chi connectivity index (χ3n) is 4.77. The molecule has 1 unspecified atom stereocenters. The molecule has 0 bridgehead atoms. The van der Waals surface area contributed by atoms with E-state index in [1.165, 1.54) is 5.56 Å². The van der Waals surface area contributed by atoms with Gasteiger partial charge in [0.15, 0.2) is 0 Å². The minimum atomic E-state index is -0.469. The highest BCUT2D eigenvalue weighted by Crippen LogP contribution is 2.38. The summed E-state index contributed by atoms with van der Waals surface area (Å²) in [5.41, 5.74) is 9.85. The number of benzene rings is 2. The molecule has 5 nitrogen and oxygen atoms in total.